The van der Waals surface area contributed by atoms with Crippen LogP contribution in [0.2, 0.25) is 0 Å². The lowest BCUT2D eigenvalue weighted by atomic mass is 10.1. The zero-order chi connectivity index (χ0) is 22.7. The Kier molecular flexibility index (Phi) is 6.18. The van der Waals surface area contributed by atoms with Crippen LogP contribution in [0.4, 0.5) is 11.4 Å². The Balaban J connectivity index is 1.53. The molecule has 32 heavy (non-hydrogen) atoms. The largest absolute Gasteiger partial charge is 0.324 e. The molecule has 4 aromatic rings. The van der Waals surface area contributed by atoms with Crippen LogP contribution in [-0.4, -0.2) is 37.7 Å². The number of fused-ring (bicyclic) bond motifs is 1. The number of thioether (sulfide) groups is 1. The van der Waals surface area contributed by atoms with Crippen LogP contribution in [0.1, 0.15) is 27.3 Å². The van der Waals surface area contributed by atoms with Gasteiger partial charge in [0.05, 0.1) is 17.8 Å². The number of hydrogen-bond acceptors (Lipinski definition) is 6. The molecule has 2 aromatic carbocycles. The number of carbonyl (C=O) groups is 2. The number of carbonyl (C=O) groups excluding carboxylic acids is 2. The van der Waals surface area contributed by atoms with E-state index in [2.05, 4.69) is 25.7 Å². The number of nitrogens with one attached hydrogen (secondary N) is 2. The Morgan fingerprint density at radius 2 is 1.59 bits per heavy atom. The van der Waals surface area contributed by atoms with Crippen molar-refractivity contribution in [2.75, 3.05) is 16.9 Å². The van der Waals surface area contributed by atoms with E-state index in [1.807, 2.05) is 26.2 Å². The lowest BCUT2D eigenvalue weighted by Crippen LogP contribution is -2.19. The SMILES string of the molecule is CSc1nc2nc(C)c(CC(=O)Nc3ccccc3NC(=O)c3ccccc3)c(C)n2n1. The molecular formula is C23H22N6O2S. The molecule has 2 N–H and O–H groups in total. The van der Waals surface area contributed by atoms with Crippen LogP contribution in [0.15, 0.2) is 59.8 Å². The standard InChI is InChI=1S/C23H22N6O2S/c1-14-17(15(2)29-22(24-14)27-23(28-29)32-3)13-20(30)25-18-11-7-8-12-19(18)26-21(31)16-9-5-4-6-10-16/h4-12H,13H2,1-3H3,(H,25,30)(H,26,31). The fourth-order valence-electron chi connectivity index (χ4n) is 3.37. The van der Waals surface area contributed by atoms with E-state index in [4.69, 9.17) is 0 Å². The molecule has 2 heterocycles. The van der Waals surface area contributed by atoms with Gasteiger partial charge in [-0.2, -0.15) is 4.98 Å². The molecule has 2 aromatic heterocycles. The average Bonchev–Trinajstić information content (AvgIpc) is 3.22. The van der Waals surface area contributed by atoms with Crippen molar-refractivity contribution in [3.05, 3.63) is 77.1 Å². The second-order valence-electron chi connectivity index (χ2n) is 7.16. The van der Waals surface area contributed by atoms with Crippen molar-refractivity contribution in [1.29, 1.82) is 0 Å². The average molecular weight is 447 g/mol. The summed E-state index contributed by atoms with van der Waals surface area (Å²) in [5.74, 6) is 0.0517. The first-order valence-corrected chi connectivity index (χ1v) is 11.2. The Bertz CT molecular complexity index is 1300. The monoisotopic (exact) mass is 446 g/mol. The van der Waals surface area contributed by atoms with Gasteiger partial charge in [0.1, 0.15) is 0 Å². The normalized spacial score (nSPS) is 10.8. The summed E-state index contributed by atoms with van der Waals surface area (Å²) in [6.07, 6.45) is 2.02. The van der Waals surface area contributed by atoms with Crippen LogP contribution < -0.4 is 10.6 Å². The maximum atomic E-state index is 12.9. The first-order chi connectivity index (χ1) is 15.5. The molecule has 4 rings (SSSR count). The fourth-order valence-corrected chi connectivity index (χ4v) is 3.71. The molecule has 9 heteroatoms. The molecule has 0 bridgehead atoms. The summed E-state index contributed by atoms with van der Waals surface area (Å²) in [6.45, 7) is 3.76. The zero-order valence-corrected chi connectivity index (χ0v) is 18.7. The van der Waals surface area contributed by atoms with Gasteiger partial charge in [-0.15, -0.1) is 5.10 Å². The molecule has 0 spiro atoms. The summed E-state index contributed by atoms with van der Waals surface area (Å²) in [6, 6.07) is 16.0. The maximum absolute atomic E-state index is 12.9. The van der Waals surface area contributed by atoms with Crippen molar-refractivity contribution >= 4 is 40.7 Å². The van der Waals surface area contributed by atoms with Gasteiger partial charge in [-0.25, -0.2) is 9.50 Å². The first kappa shape index (κ1) is 21.5. The summed E-state index contributed by atoms with van der Waals surface area (Å²) >= 11 is 1.44. The van der Waals surface area contributed by atoms with Crippen LogP contribution in [0, 0.1) is 13.8 Å². The van der Waals surface area contributed by atoms with E-state index in [1.165, 1.54) is 11.8 Å². The highest BCUT2D eigenvalue weighted by Crippen LogP contribution is 2.23. The third-order valence-electron chi connectivity index (χ3n) is 5.03. The predicted molar refractivity (Wildman–Crippen MR) is 125 cm³/mol. The minimum atomic E-state index is -0.246. The van der Waals surface area contributed by atoms with E-state index in [0.717, 1.165) is 17.0 Å². The van der Waals surface area contributed by atoms with E-state index in [0.29, 0.717) is 27.9 Å². The zero-order valence-electron chi connectivity index (χ0n) is 17.9. The van der Waals surface area contributed by atoms with Crippen LogP contribution in [0.25, 0.3) is 5.78 Å². The minimum absolute atomic E-state index is 0.121. The summed E-state index contributed by atoms with van der Waals surface area (Å²) in [4.78, 5) is 34.3. The molecule has 0 fully saturated rings. The number of para-hydroxylation sites is 2. The van der Waals surface area contributed by atoms with Gasteiger partial charge in [-0.3, -0.25) is 9.59 Å². The van der Waals surface area contributed by atoms with Gasteiger partial charge < -0.3 is 10.6 Å². The summed E-state index contributed by atoms with van der Waals surface area (Å²) in [5, 5.41) is 10.8. The highest BCUT2D eigenvalue weighted by molar-refractivity contribution is 7.98. The lowest BCUT2D eigenvalue weighted by Gasteiger charge is -2.14. The lowest BCUT2D eigenvalue weighted by molar-refractivity contribution is -0.115. The van der Waals surface area contributed by atoms with Crippen molar-refractivity contribution in [3.63, 3.8) is 0 Å². The Labute approximate surface area is 189 Å². The number of anilines is 2. The minimum Gasteiger partial charge on any atom is -0.324 e. The summed E-state index contributed by atoms with van der Waals surface area (Å²) in [5.41, 5.74) is 3.93. The number of amides is 2. The highest BCUT2D eigenvalue weighted by atomic mass is 32.2. The first-order valence-electron chi connectivity index (χ1n) is 9.98. The molecule has 0 aliphatic heterocycles. The van der Waals surface area contributed by atoms with Gasteiger partial charge in [-0.05, 0) is 44.4 Å². The molecule has 0 radical (unpaired) electrons. The van der Waals surface area contributed by atoms with E-state index in [9.17, 15) is 9.59 Å². The molecule has 0 saturated carbocycles. The number of rotatable bonds is 6. The number of benzene rings is 2. The molecule has 0 saturated heterocycles. The fraction of sp³-hybridized carbons (Fsp3) is 0.174. The number of hydrogen-bond donors (Lipinski definition) is 2. The molecule has 8 nitrogen and oxygen atoms in total. The Morgan fingerprint density at radius 1 is 0.938 bits per heavy atom. The predicted octanol–water partition coefficient (Wildman–Crippen LogP) is 3.90. The van der Waals surface area contributed by atoms with Crippen LogP contribution in [0.3, 0.4) is 0 Å². The van der Waals surface area contributed by atoms with E-state index >= 15 is 0 Å². The van der Waals surface area contributed by atoms with E-state index in [-0.39, 0.29) is 18.2 Å². The third kappa shape index (κ3) is 4.47. The Morgan fingerprint density at radius 3 is 2.28 bits per heavy atom. The van der Waals surface area contributed by atoms with E-state index < -0.39 is 0 Å². The number of aryl methyl sites for hydroxylation is 2. The van der Waals surface area contributed by atoms with Gasteiger partial charge in [0.15, 0.2) is 0 Å². The Hall–Kier alpha value is -3.72. The quantitative estimate of drug-likeness (QED) is 0.436. The topological polar surface area (TPSA) is 101 Å². The number of nitrogens with zero attached hydrogens (tertiary/aromatic N) is 4. The summed E-state index contributed by atoms with van der Waals surface area (Å²) in [7, 11) is 0. The van der Waals surface area contributed by atoms with Gasteiger partial charge in [-0.1, -0.05) is 42.1 Å². The maximum Gasteiger partial charge on any atom is 0.255 e. The summed E-state index contributed by atoms with van der Waals surface area (Å²) < 4.78 is 1.66. The second kappa shape index (κ2) is 9.19. The molecular weight excluding hydrogens is 424 g/mol. The van der Waals surface area contributed by atoms with E-state index in [1.54, 1.807) is 53.0 Å². The van der Waals surface area contributed by atoms with Gasteiger partial charge in [0.25, 0.3) is 11.7 Å². The highest BCUT2D eigenvalue weighted by Gasteiger charge is 2.17. The second-order valence-corrected chi connectivity index (χ2v) is 7.94. The van der Waals surface area contributed by atoms with Crippen LogP contribution >= 0.6 is 11.8 Å². The molecule has 0 atom stereocenters. The van der Waals surface area contributed by atoms with Crippen molar-refractivity contribution < 1.29 is 9.59 Å². The van der Waals surface area contributed by atoms with Crippen molar-refractivity contribution in [2.45, 2.75) is 25.4 Å². The number of aromatic nitrogens is 4. The molecule has 0 unspecified atom stereocenters. The smallest absolute Gasteiger partial charge is 0.255 e. The molecule has 162 valence electrons. The molecule has 0 aliphatic carbocycles. The van der Waals surface area contributed by atoms with Crippen molar-refractivity contribution in [2.24, 2.45) is 0 Å². The molecule has 0 aliphatic rings. The third-order valence-corrected chi connectivity index (χ3v) is 5.57. The van der Waals surface area contributed by atoms with Gasteiger partial charge in [0, 0.05) is 22.5 Å². The van der Waals surface area contributed by atoms with Gasteiger partial charge >= 0.3 is 0 Å². The molecule has 2 amide bonds. The van der Waals surface area contributed by atoms with Crippen molar-refractivity contribution in [3.8, 4) is 0 Å². The van der Waals surface area contributed by atoms with Crippen LogP contribution in [-0.2, 0) is 11.2 Å². The van der Waals surface area contributed by atoms with Gasteiger partial charge in [0.2, 0.25) is 11.1 Å². The van der Waals surface area contributed by atoms with Crippen molar-refractivity contribution in [1.82, 2.24) is 19.6 Å². The van der Waals surface area contributed by atoms with Crippen LogP contribution in [0.5, 0.6) is 0 Å².